The van der Waals surface area contributed by atoms with E-state index in [2.05, 4.69) is 33.7 Å². The van der Waals surface area contributed by atoms with Gasteiger partial charge in [0.05, 0.1) is 0 Å². The van der Waals surface area contributed by atoms with Gasteiger partial charge in [0, 0.05) is 22.6 Å². The Labute approximate surface area is 159 Å². The van der Waals surface area contributed by atoms with Crippen molar-refractivity contribution in [2.75, 3.05) is 26.2 Å². The zero-order chi connectivity index (χ0) is 16.9. The maximum Gasteiger partial charge on any atom is 0.0217 e. The van der Waals surface area contributed by atoms with E-state index in [4.69, 9.17) is 0 Å². The average Bonchev–Trinajstić information content (AvgIpc) is 3.12. The Bertz CT molecular complexity index is 388. The molecule has 3 fully saturated rings. The van der Waals surface area contributed by atoms with Crippen LogP contribution in [0.5, 0.6) is 0 Å². The van der Waals surface area contributed by atoms with Crippen LogP contribution in [-0.4, -0.2) is 58.6 Å². The van der Waals surface area contributed by atoms with E-state index >= 15 is 0 Å². The van der Waals surface area contributed by atoms with Crippen LogP contribution in [0.4, 0.5) is 0 Å². The number of allylic oxidation sites excluding steroid dienone is 2. The van der Waals surface area contributed by atoms with Crippen molar-refractivity contribution in [1.29, 1.82) is 0 Å². The highest BCUT2D eigenvalue weighted by atomic mass is 32.2. The molecule has 2 bridgehead atoms. The second kappa shape index (κ2) is 9.28. The molecule has 0 aromatic carbocycles. The lowest BCUT2D eigenvalue weighted by molar-refractivity contribution is 0.147. The summed E-state index contributed by atoms with van der Waals surface area (Å²) in [4.78, 5) is 5.76. The molecular formula is C22H38N2S. The van der Waals surface area contributed by atoms with Gasteiger partial charge in [-0.15, -0.1) is 0 Å². The Balaban J connectivity index is 1.47. The number of nitrogens with zero attached hydrogens (tertiary/aromatic N) is 2. The third-order valence-electron chi connectivity index (χ3n) is 7.09. The van der Waals surface area contributed by atoms with E-state index in [-0.39, 0.29) is 0 Å². The predicted octanol–water partition coefficient (Wildman–Crippen LogP) is 5.09. The molecule has 4 rings (SSSR count). The summed E-state index contributed by atoms with van der Waals surface area (Å²) in [6.07, 6.45) is 22.0. The predicted molar refractivity (Wildman–Crippen MR) is 110 cm³/mol. The van der Waals surface area contributed by atoms with Gasteiger partial charge in [-0.1, -0.05) is 25.0 Å². The number of piperidine rings is 2. The van der Waals surface area contributed by atoms with E-state index in [1.807, 2.05) is 0 Å². The molecule has 0 radical (unpaired) electrons. The minimum atomic E-state index is 0.847. The first kappa shape index (κ1) is 18.4. The van der Waals surface area contributed by atoms with Gasteiger partial charge >= 0.3 is 0 Å². The lowest BCUT2D eigenvalue weighted by Gasteiger charge is -2.39. The third-order valence-corrected chi connectivity index (χ3v) is 8.89. The Kier molecular flexibility index (Phi) is 6.82. The molecule has 0 saturated carbocycles. The number of thioether (sulfide) groups is 1. The van der Waals surface area contributed by atoms with Gasteiger partial charge in [-0.25, -0.2) is 0 Å². The minimum Gasteiger partial charge on any atom is -0.299 e. The summed E-state index contributed by atoms with van der Waals surface area (Å²) in [5.74, 6) is 0. The molecule has 0 N–H and O–H groups in total. The SMILES string of the molecule is C1=CCC[C@@H](N2CCCCC2)[C@H]2CC[C@@H](S2)[C@H](N2CCCCC2)CC1. The summed E-state index contributed by atoms with van der Waals surface area (Å²) in [6.45, 7) is 5.47. The fourth-order valence-electron chi connectivity index (χ4n) is 5.73. The van der Waals surface area contributed by atoms with Crippen molar-refractivity contribution in [2.45, 2.75) is 99.6 Å². The zero-order valence-corrected chi connectivity index (χ0v) is 16.9. The van der Waals surface area contributed by atoms with Crippen molar-refractivity contribution in [2.24, 2.45) is 0 Å². The molecule has 4 atom stereocenters. The van der Waals surface area contributed by atoms with Crippen LogP contribution in [-0.2, 0) is 0 Å². The van der Waals surface area contributed by atoms with Gasteiger partial charge in [0.15, 0.2) is 0 Å². The highest BCUT2D eigenvalue weighted by Crippen LogP contribution is 2.43. The van der Waals surface area contributed by atoms with Crippen LogP contribution >= 0.6 is 11.8 Å². The van der Waals surface area contributed by atoms with Crippen LogP contribution in [0.2, 0.25) is 0 Å². The normalized spacial score (nSPS) is 39.2. The van der Waals surface area contributed by atoms with Crippen molar-refractivity contribution < 1.29 is 0 Å². The molecule has 4 heterocycles. The summed E-state index contributed by atoms with van der Waals surface area (Å²) in [6, 6.07) is 1.69. The highest BCUT2D eigenvalue weighted by molar-refractivity contribution is 8.00. The van der Waals surface area contributed by atoms with Crippen LogP contribution < -0.4 is 0 Å². The van der Waals surface area contributed by atoms with E-state index < -0.39 is 0 Å². The lowest BCUT2D eigenvalue weighted by Crippen LogP contribution is -2.45. The molecule has 0 aromatic heterocycles. The molecule has 4 aliphatic rings. The Morgan fingerprint density at radius 2 is 1.00 bits per heavy atom. The van der Waals surface area contributed by atoms with E-state index in [1.54, 1.807) is 0 Å². The second-order valence-electron chi connectivity index (χ2n) is 8.74. The Morgan fingerprint density at radius 3 is 1.44 bits per heavy atom. The molecule has 0 aromatic rings. The van der Waals surface area contributed by atoms with Crippen LogP contribution in [0, 0.1) is 0 Å². The first-order chi connectivity index (χ1) is 12.4. The molecule has 142 valence electrons. The van der Waals surface area contributed by atoms with Crippen molar-refractivity contribution in [3.8, 4) is 0 Å². The van der Waals surface area contributed by atoms with Crippen LogP contribution in [0.15, 0.2) is 12.2 Å². The fourth-order valence-corrected chi connectivity index (χ4v) is 7.70. The molecule has 0 unspecified atom stereocenters. The molecule has 25 heavy (non-hydrogen) atoms. The van der Waals surface area contributed by atoms with E-state index in [9.17, 15) is 0 Å². The van der Waals surface area contributed by atoms with Gasteiger partial charge in [-0.3, -0.25) is 9.80 Å². The van der Waals surface area contributed by atoms with Crippen LogP contribution in [0.1, 0.15) is 77.0 Å². The monoisotopic (exact) mass is 362 g/mol. The van der Waals surface area contributed by atoms with Crippen molar-refractivity contribution in [1.82, 2.24) is 9.80 Å². The van der Waals surface area contributed by atoms with Gasteiger partial charge in [0.2, 0.25) is 0 Å². The zero-order valence-electron chi connectivity index (χ0n) is 16.1. The first-order valence-electron chi connectivity index (χ1n) is 11.2. The number of hydrogen-bond donors (Lipinski definition) is 0. The van der Waals surface area contributed by atoms with Gasteiger partial charge in [0.25, 0.3) is 0 Å². The minimum absolute atomic E-state index is 0.847. The van der Waals surface area contributed by atoms with E-state index in [1.165, 1.54) is 103 Å². The van der Waals surface area contributed by atoms with Gasteiger partial charge in [0.1, 0.15) is 0 Å². The molecule has 0 amide bonds. The number of fused-ring (bicyclic) bond motifs is 2. The maximum atomic E-state index is 2.88. The Hall–Kier alpha value is 0.01000. The van der Waals surface area contributed by atoms with Gasteiger partial charge in [-0.2, -0.15) is 11.8 Å². The Morgan fingerprint density at radius 1 is 0.560 bits per heavy atom. The summed E-state index contributed by atoms with van der Waals surface area (Å²) in [5, 5.41) is 1.81. The van der Waals surface area contributed by atoms with E-state index in [0.29, 0.717) is 0 Å². The van der Waals surface area contributed by atoms with Gasteiger partial charge < -0.3 is 0 Å². The third kappa shape index (κ3) is 4.65. The highest BCUT2D eigenvalue weighted by Gasteiger charge is 2.39. The summed E-state index contributed by atoms with van der Waals surface area (Å²) in [5.41, 5.74) is 0. The average molecular weight is 363 g/mol. The summed E-state index contributed by atoms with van der Waals surface area (Å²) >= 11 is 2.41. The molecule has 3 saturated heterocycles. The fraction of sp³-hybridized carbons (Fsp3) is 0.909. The molecule has 0 spiro atoms. The number of likely N-dealkylation sites (tertiary alicyclic amines) is 2. The van der Waals surface area contributed by atoms with Crippen LogP contribution in [0.3, 0.4) is 0 Å². The van der Waals surface area contributed by atoms with Crippen LogP contribution in [0.25, 0.3) is 0 Å². The second-order valence-corrected chi connectivity index (χ2v) is 10.2. The summed E-state index contributed by atoms with van der Waals surface area (Å²) in [7, 11) is 0. The molecular weight excluding hydrogens is 324 g/mol. The maximum absolute atomic E-state index is 2.88. The molecule has 3 heteroatoms. The van der Waals surface area contributed by atoms with Crippen molar-refractivity contribution in [3.05, 3.63) is 12.2 Å². The van der Waals surface area contributed by atoms with Crippen molar-refractivity contribution >= 4 is 11.8 Å². The number of hydrogen-bond acceptors (Lipinski definition) is 3. The van der Waals surface area contributed by atoms with E-state index in [0.717, 1.165) is 22.6 Å². The number of rotatable bonds is 2. The smallest absolute Gasteiger partial charge is 0.0217 e. The topological polar surface area (TPSA) is 6.48 Å². The quantitative estimate of drug-likeness (QED) is 0.632. The lowest BCUT2D eigenvalue weighted by atomic mass is 9.94. The largest absolute Gasteiger partial charge is 0.299 e. The standard InChI is InChI=1S/C22H38N2S/c1-2-6-12-20(24-17-9-4-10-18-24)22-14-13-21(25-22)19(11-5-1)23-15-7-3-8-16-23/h1-2,19-22H,3-18H2/t19-,20-,21-,22-/m1/s1. The first-order valence-corrected chi connectivity index (χ1v) is 12.1. The molecule has 0 aliphatic carbocycles. The molecule has 2 nitrogen and oxygen atoms in total. The van der Waals surface area contributed by atoms with Crippen molar-refractivity contribution in [3.63, 3.8) is 0 Å². The summed E-state index contributed by atoms with van der Waals surface area (Å²) < 4.78 is 0. The molecule has 4 aliphatic heterocycles. The van der Waals surface area contributed by atoms with Gasteiger partial charge in [-0.05, 0) is 90.4 Å².